The van der Waals surface area contributed by atoms with Gasteiger partial charge in [-0.05, 0) is 33.2 Å². The van der Waals surface area contributed by atoms with Crippen molar-refractivity contribution in [1.82, 2.24) is 15.5 Å². The standard InChI is InChI=1S/C14H27N3O2/c1-7-11(10(5)15-6)14-16-13(17-19-14)12(9(3)4)18-8-2/h9-12,15H,7-8H2,1-6H3. The average molecular weight is 269 g/mol. The lowest BCUT2D eigenvalue weighted by Gasteiger charge is -2.18. The molecule has 1 aromatic heterocycles. The third-order valence-electron chi connectivity index (χ3n) is 3.48. The monoisotopic (exact) mass is 269 g/mol. The van der Waals surface area contributed by atoms with E-state index < -0.39 is 0 Å². The molecule has 0 aliphatic heterocycles. The highest BCUT2D eigenvalue weighted by Crippen LogP contribution is 2.27. The zero-order valence-electron chi connectivity index (χ0n) is 12.9. The van der Waals surface area contributed by atoms with E-state index in [1.54, 1.807) is 0 Å². The molecule has 110 valence electrons. The second kappa shape index (κ2) is 7.60. The van der Waals surface area contributed by atoms with Crippen LogP contribution < -0.4 is 5.32 Å². The second-order valence-electron chi connectivity index (χ2n) is 5.20. The highest BCUT2D eigenvalue weighted by molar-refractivity contribution is 5.00. The van der Waals surface area contributed by atoms with Gasteiger partial charge in [-0.15, -0.1) is 0 Å². The van der Waals surface area contributed by atoms with E-state index in [1.165, 1.54) is 0 Å². The lowest BCUT2D eigenvalue weighted by Crippen LogP contribution is -2.28. The van der Waals surface area contributed by atoms with Crippen LogP contribution in [-0.2, 0) is 4.74 Å². The van der Waals surface area contributed by atoms with Gasteiger partial charge in [-0.1, -0.05) is 25.9 Å². The molecule has 0 bridgehead atoms. The first-order valence-electron chi connectivity index (χ1n) is 7.17. The summed E-state index contributed by atoms with van der Waals surface area (Å²) in [5, 5.41) is 7.34. The molecule has 19 heavy (non-hydrogen) atoms. The van der Waals surface area contributed by atoms with E-state index in [4.69, 9.17) is 9.26 Å². The van der Waals surface area contributed by atoms with Crippen LogP contribution in [0.3, 0.4) is 0 Å². The summed E-state index contributed by atoms with van der Waals surface area (Å²) < 4.78 is 11.1. The summed E-state index contributed by atoms with van der Waals surface area (Å²) in [7, 11) is 1.95. The average Bonchev–Trinajstić information content (AvgIpc) is 2.85. The minimum absolute atomic E-state index is 0.0927. The minimum atomic E-state index is -0.0927. The zero-order chi connectivity index (χ0) is 14.4. The van der Waals surface area contributed by atoms with Crippen molar-refractivity contribution in [3.63, 3.8) is 0 Å². The van der Waals surface area contributed by atoms with Crippen LogP contribution in [0.25, 0.3) is 0 Å². The summed E-state index contributed by atoms with van der Waals surface area (Å²) in [6, 6.07) is 0.308. The molecule has 1 rings (SSSR count). The van der Waals surface area contributed by atoms with Crippen molar-refractivity contribution in [2.75, 3.05) is 13.7 Å². The van der Waals surface area contributed by atoms with Gasteiger partial charge in [0.15, 0.2) is 0 Å². The maximum absolute atomic E-state index is 5.70. The summed E-state index contributed by atoms with van der Waals surface area (Å²) in [5.74, 6) is 1.92. The Morgan fingerprint density at radius 2 is 1.95 bits per heavy atom. The molecular weight excluding hydrogens is 242 g/mol. The third-order valence-corrected chi connectivity index (χ3v) is 3.48. The van der Waals surface area contributed by atoms with E-state index in [1.807, 2.05) is 14.0 Å². The van der Waals surface area contributed by atoms with Gasteiger partial charge < -0.3 is 14.6 Å². The smallest absolute Gasteiger partial charge is 0.231 e. The SMILES string of the molecule is CCOC(c1noc(C(CC)C(C)NC)n1)C(C)C. The lowest BCUT2D eigenvalue weighted by atomic mass is 9.98. The Morgan fingerprint density at radius 1 is 1.26 bits per heavy atom. The Labute approximate surface area is 116 Å². The van der Waals surface area contributed by atoms with Crippen LogP contribution in [0.1, 0.15) is 64.8 Å². The number of nitrogens with one attached hydrogen (secondary N) is 1. The Balaban J connectivity index is 2.90. The molecule has 1 aromatic rings. The maximum atomic E-state index is 5.70. The Morgan fingerprint density at radius 3 is 2.42 bits per heavy atom. The van der Waals surface area contributed by atoms with Crippen molar-refractivity contribution in [3.05, 3.63) is 11.7 Å². The van der Waals surface area contributed by atoms with E-state index in [9.17, 15) is 0 Å². The van der Waals surface area contributed by atoms with E-state index in [0.29, 0.717) is 30.3 Å². The highest BCUT2D eigenvalue weighted by atomic mass is 16.5. The number of aromatic nitrogens is 2. The Kier molecular flexibility index (Phi) is 6.45. The highest BCUT2D eigenvalue weighted by Gasteiger charge is 2.26. The molecule has 0 fully saturated rings. The van der Waals surface area contributed by atoms with Gasteiger partial charge in [0.05, 0.1) is 5.92 Å². The predicted molar refractivity (Wildman–Crippen MR) is 75.1 cm³/mol. The number of ether oxygens (including phenoxy) is 1. The van der Waals surface area contributed by atoms with Gasteiger partial charge in [0.2, 0.25) is 11.7 Å². The summed E-state index contributed by atoms with van der Waals surface area (Å²) in [5.41, 5.74) is 0. The Bertz CT molecular complexity index is 349. The molecule has 3 atom stereocenters. The normalized spacial score (nSPS) is 16.6. The molecule has 5 nitrogen and oxygen atoms in total. The van der Waals surface area contributed by atoms with Crippen LogP contribution in [0.5, 0.6) is 0 Å². The Hall–Kier alpha value is -0.940. The van der Waals surface area contributed by atoms with Gasteiger partial charge in [-0.25, -0.2) is 0 Å². The number of rotatable bonds is 8. The zero-order valence-corrected chi connectivity index (χ0v) is 12.9. The largest absolute Gasteiger partial charge is 0.370 e. The van der Waals surface area contributed by atoms with Gasteiger partial charge in [0, 0.05) is 12.6 Å². The fourth-order valence-corrected chi connectivity index (χ4v) is 2.20. The van der Waals surface area contributed by atoms with Crippen LogP contribution in [0.15, 0.2) is 4.52 Å². The van der Waals surface area contributed by atoms with Crippen molar-refractivity contribution in [3.8, 4) is 0 Å². The molecular formula is C14H27N3O2. The van der Waals surface area contributed by atoms with Gasteiger partial charge in [0.1, 0.15) is 6.10 Å². The van der Waals surface area contributed by atoms with Crippen LogP contribution in [0.2, 0.25) is 0 Å². The van der Waals surface area contributed by atoms with E-state index in [0.717, 1.165) is 6.42 Å². The summed E-state index contributed by atoms with van der Waals surface area (Å²) in [6.45, 7) is 11.1. The number of hydrogen-bond donors (Lipinski definition) is 1. The molecule has 0 amide bonds. The third kappa shape index (κ3) is 4.01. The fourth-order valence-electron chi connectivity index (χ4n) is 2.20. The van der Waals surface area contributed by atoms with Crippen molar-refractivity contribution >= 4 is 0 Å². The topological polar surface area (TPSA) is 60.2 Å². The van der Waals surface area contributed by atoms with Crippen LogP contribution in [-0.4, -0.2) is 29.8 Å². The second-order valence-corrected chi connectivity index (χ2v) is 5.20. The van der Waals surface area contributed by atoms with Crippen molar-refractivity contribution < 1.29 is 9.26 Å². The molecule has 0 aliphatic carbocycles. The molecule has 3 unspecified atom stereocenters. The van der Waals surface area contributed by atoms with Crippen molar-refractivity contribution in [2.24, 2.45) is 5.92 Å². The van der Waals surface area contributed by atoms with Gasteiger partial charge >= 0.3 is 0 Å². The lowest BCUT2D eigenvalue weighted by molar-refractivity contribution is 0.0217. The maximum Gasteiger partial charge on any atom is 0.231 e. The van der Waals surface area contributed by atoms with E-state index >= 15 is 0 Å². The van der Waals surface area contributed by atoms with Gasteiger partial charge in [-0.2, -0.15) is 4.98 Å². The molecule has 1 heterocycles. The fraction of sp³-hybridized carbons (Fsp3) is 0.857. The molecule has 5 heteroatoms. The predicted octanol–water partition coefficient (Wildman–Crippen LogP) is 2.90. The summed E-state index contributed by atoms with van der Waals surface area (Å²) >= 11 is 0. The molecule has 0 spiro atoms. The molecule has 0 aromatic carbocycles. The van der Waals surface area contributed by atoms with Crippen LogP contribution in [0.4, 0.5) is 0 Å². The summed E-state index contributed by atoms with van der Waals surface area (Å²) in [4.78, 5) is 4.55. The van der Waals surface area contributed by atoms with Gasteiger partial charge in [-0.3, -0.25) is 0 Å². The number of nitrogens with zero attached hydrogens (tertiary/aromatic N) is 2. The quantitative estimate of drug-likeness (QED) is 0.786. The molecule has 0 saturated carbocycles. The summed E-state index contributed by atoms with van der Waals surface area (Å²) in [6.07, 6.45) is 0.870. The molecule has 1 N–H and O–H groups in total. The molecule has 0 radical (unpaired) electrons. The van der Waals surface area contributed by atoms with Crippen molar-refractivity contribution in [2.45, 2.75) is 59.1 Å². The van der Waals surface area contributed by atoms with Crippen molar-refractivity contribution in [1.29, 1.82) is 0 Å². The van der Waals surface area contributed by atoms with Crippen LogP contribution in [0, 0.1) is 5.92 Å². The molecule has 0 aliphatic rings. The molecule has 0 saturated heterocycles. The first-order valence-corrected chi connectivity index (χ1v) is 7.17. The first-order chi connectivity index (χ1) is 9.04. The number of likely N-dealkylation sites (N-methyl/N-ethyl adjacent to an activating group) is 1. The van der Waals surface area contributed by atoms with Gasteiger partial charge in [0.25, 0.3) is 0 Å². The van der Waals surface area contributed by atoms with E-state index in [2.05, 4.69) is 43.2 Å². The first kappa shape index (κ1) is 16.1. The minimum Gasteiger partial charge on any atom is -0.370 e. The van der Waals surface area contributed by atoms with Crippen LogP contribution >= 0.6 is 0 Å². The van der Waals surface area contributed by atoms with E-state index in [-0.39, 0.29) is 12.0 Å². The number of hydrogen-bond acceptors (Lipinski definition) is 5.